The van der Waals surface area contributed by atoms with Gasteiger partial charge in [-0.1, -0.05) is 0 Å². The Morgan fingerprint density at radius 3 is 2.06 bits per heavy atom. The Labute approximate surface area is 99.1 Å². The van der Waals surface area contributed by atoms with Crippen molar-refractivity contribution in [2.45, 2.75) is 19.3 Å². The van der Waals surface area contributed by atoms with Crippen LogP contribution in [0.25, 0.3) is 0 Å². The summed E-state index contributed by atoms with van der Waals surface area (Å²) in [5.74, 6) is -0.288. The van der Waals surface area contributed by atoms with Crippen LogP contribution in [0.2, 0.25) is 0 Å². The van der Waals surface area contributed by atoms with Crippen molar-refractivity contribution in [3.63, 3.8) is 0 Å². The van der Waals surface area contributed by atoms with Crippen molar-refractivity contribution in [1.29, 1.82) is 21.0 Å². The minimum atomic E-state index is -1.71. The maximum Gasteiger partial charge on any atom is 0.183 e. The molecule has 0 heterocycles. The summed E-state index contributed by atoms with van der Waals surface area (Å²) in [5, 5.41) is 46.8. The van der Waals surface area contributed by atoms with E-state index in [4.69, 9.17) is 0 Å². The summed E-state index contributed by atoms with van der Waals surface area (Å²) in [7, 11) is 0. The molecule has 2 fully saturated rings. The van der Waals surface area contributed by atoms with Crippen molar-refractivity contribution in [2.24, 2.45) is 22.2 Å². The average Bonchev–Trinajstić information content (AvgIpc) is 2.91. The van der Waals surface area contributed by atoms with Gasteiger partial charge in [0.15, 0.2) is 10.8 Å². The number of fused-ring (bicyclic) bond motifs is 2. The molecule has 2 aliphatic carbocycles. The highest BCUT2D eigenvalue weighted by Crippen LogP contribution is 2.71. The Morgan fingerprint density at radius 1 is 1.06 bits per heavy atom. The van der Waals surface area contributed by atoms with E-state index >= 15 is 0 Å². The number of rotatable bonds is 1. The molecule has 0 amide bonds. The highest BCUT2D eigenvalue weighted by molar-refractivity contribution is 5.44. The van der Waals surface area contributed by atoms with E-state index < -0.39 is 16.2 Å². The summed E-state index contributed by atoms with van der Waals surface area (Å²) < 4.78 is 0. The summed E-state index contributed by atoms with van der Waals surface area (Å²) in [6.07, 6.45) is 1.55. The first-order chi connectivity index (χ1) is 8.12. The first-order valence-electron chi connectivity index (χ1n) is 5.38. The van der Waals surface area contributed by atoms with E-state index in [0.717, 1.165) is 0 Å². The Bertz CT molecular complexity index is 499. The van der Waals surface area contributed by atoms with Gasteiger partial charge in [-0.05, 0) is 25.2 Å². The van der Waals surface area contributed by atoms with E-state index in [1.165, 1.54) is 0 Å². The minimum Gasteiger partial charge on any atom is -0.396 e. The van der Waals surface area contributed by atoms with E-state index in [9.17, 15) is 26.2 Å². The van der Waals surface area contributed by atoms with Gasteiger partial charge in [0.2, 0.25) is 0 Å². The van der Waals surface area contributed by atoms with Crippen LogP contribution >= 0.6 is 0 Å². The van der Waals surface area contributed by atoms with Crippen molar-refractivity contribution in [2.75, 3.05) is 6.61 Å². The van der Waals surface area contributed by atoms with Crippen molar-refractivity contribution in [3.05, 3.63) is 0 Å². The van der Waals surface area contributed by atoms with E-state index in [1.807, 2.05) is 24.3 Å². The average molecular weight is 226 g/mol. The molecule has 2 rings (SSSR count). The van der Waals surface area contributed by atoms with Crippen LogP contribution in [0.15, 0.2) is 0 Å². The Kier molecular flexibility index (Phi) is 2.15. The van der Waals surface area contributed by atoms with Gasteiger partial charge < -0.3 is 5.11 Å². The van der Waals surface area contributed by atoms with Crippen molar-refractivity contribution in [3.8, 4) is 24.3 Å². The Balaban J connectivity index is 2.76. The number of hydrogen-bond donors (Lipinski definition) is 1. The molecular weight excluding hydrogens is 216 g/mol. The zero-order chi connectivity index (χ0) is 12.7. The van der Waals surface area contributed by atoms with Gasteiger partial charge in [-0.3, -0.25) is 0 Å². The molecule has 2 aliphatic rings. The quantitative estimate of drug-likeness (QED) is 0.711. The maximum atomic E-state index is 9.54. The molecule has 5 nitrogen and oxygen atoms in total. The second-order valence-electron chi connectivity index (χ2n) is 4.88. The van der Waals surface area contributed by atoms with Crippen LogP contribution in [0.5, 0.6) is 0 Å². The maximum absolute atomic E-state index is 9.54. The zero-order valence-electron chi connectivity index (χ0n) is 9.14. The van der Waals surface area contributed by atoms with E-state index in [1.54, 1.807) is 0 Å². The molecule has 2 atom stereocenters. The lowest BCUT2D eigenvalue weighted by Gasteiger charge is -2.41. The fourth-order valence-electron chi connectivity index (χ4n) is 3.64. The topological polar surface area (TPSA) is 115 Å². The SMILES string of the molecule is N#CC1(C#N)[C@H]2CC[C@](CO)(C2)C1(C#N)C#N. The molecular formula is C12H10N4O. The van der Waals surface area contributed by atoms with Gasteiger partial charge >= 0.3 is 0 Å². The smallest absolute Gasteiger partial charge is 0.183 e. The third-order valence-electron chi connectivity index (χ3n) is 4.60. The molecule has 5 heteroatoms. The van der Waals surface area contributed by atoms with Gasteiger partial charge in [-0.2, -0.15) is 21.0 Å². The first-order valence-corrected chi connectivity index (χ1v) is 5.38. The first kappa shape index (κ1) is 11.4. The fraction of sp³-hybridized carbons (Fsp3) is 0.667. The summed E-state index contributed by atoms with van der Waals surface area (Å²) in [5.41, 5.74) is -4.22. The largest absolute Gasteiger partial charge is 0.396 e. The van der Waals surface area contributed by atoms with Crippen LogP contribution in [-0.2, 0) is 0 Å². The molecule has 1 N–H and O–H groups in total. The van der Waals surface area contributed by atoms with Crippen LogP contribution < -0.4 is 0 Å². The highest BCUT2D eigenvalue weighted by atomic mass is 16.3. The van der Waals surface area contributed by atoms with Gasteiger partial charge in [0, 0.05) is 5.41 Å². The summed E-state index contributed by atoms with van der Waals surface area (Å²) in [6, 6.07) is 7.54. The number of hydrogen-bond acceptors (Lipinski definition) is 5. The van der Waals surface area contributed by atoms with E-state index in [2.05, 4.69) is 0 Å². The van der Waals surface area contributed by atoms with Gasteiger partial charge in [-0.15, -0.1) is 0 Å². The Morgan fingerprint density at radius 2 is 1.65 bits per heavy atom. The highest BCUT2D eigenvalue weighted by Gasteiger charge is 2.77. The summed E-state index contributed by atoms with van der Waals surface area (Å²) in [4.78, 5) is 0. The molecule has 0 spiro atoms. The second kappa shape index (κ2) is 3.21. The predicted molar refractivity (Wildman–Crippen MR) is 54.2 cm³/mol. The van der Waals surface area contributed by atoms with E-state index in [-0.39, 0.29) is 12.5 Å². The number of nitrogens with zero attached hydrogens (tertiary/aromatic N) is 4. The van der Waals surface area contributed by atoms with Crippen LogP contribution in [0.1, 0.15) is 19.3 Å². The van der Waals surface area contributed by atoms with Gasteiger partial charge in [0.1, 0.15) is 0 Å². The van der Waals surface area contributed by atoms with E-state index in [0.29, 0.717) is 19.3 Å². The molecule has 0 unspecified atom stereocenters. The number of aliphatic hydroxyl groups excluding tert-OH is 1. The van der Waals surface area contributed by atoms with Crippen LogP contribution in [0.4, 0.5) is 0 Å². The third-order valence-corrected chi connectivity index (χ3v) is 4.60. The molecule has 0 aliphatic heterocycles. The molecule has 2 saturated carbocycles. The van der Waals surface area contributed by atoms with Gasteiger partial charge in [0.05, 0.1) is 30.9 Å². The molecule has 0 aromatic rings. The van der Waals surface area contributed by atoms with Crippen LogP contribution in [0, 0.1) is 67.5 Å². The lowest BCUT2D eigenvalue weighted by Crippen LogP contribution is -2.50. The normalized spacial score (nSPS) is 35.2. The molecule has 0 aromatic heterocycles. The number of nitriles is 4. The lowest BCUT2D eigenvalue weighted by atomic mass is 9.53. The van der Waals surface area contributed by atoms with Crippen LogP contribution in [0.3, 0.4) is 0 Å². The second-order valence-corrected chi connectivity index (χ2v) is 4.88. The molecule has 0 aromatic carbocycles. The van der Waals surface area contributed by atoms with Crippen molar-refractivity contribution < 1.29 is 5.11 Å². The predicted octanol–water partition coefficient (Wildman–Crippen LogP) is 0.846. The number of aliphatic hydroxyl groups is 1. The monoisotopic (exact) mass is 226 g/mol. The molecule has 2 bridgehead atoms. The van der Waals surface area contributed by atoms with Gasteiger partial charge in [0.25, 0.3) is 0 Å². The van der Waals surface area contributed by atoms with Crippen molar-refractivity contribution >= 4 is 0 Å². The van der Waals surface area contributed by atoms with Crippen LogP contribution in [-0.4, -0.2) is 11.7 Å². The van der Waals surface area contributed by atoms with Crippen molar-refractivity contribution in [1.82, 2.24) is 0 Å². The molecule has 0 saturated heterocycles. The summed E-state index contributed by atoms with van der Waals surface area (Å²) >= 11 is 0. The zero-order valence-corrected chi connectivity index (χ0v) is 9.14. The fourth-order valence-corrected chi connectivity index (χ4v) is 3.64. The van der Waals surface area contributed by atoms with Gasteiger partial charge in [-0.25, -0.2) is 0 Å². The Hall–Kier alpha value is -2.08. The summed E-state index contributed by atoms with van der Waals surface area (Å²) in [6.45, 7) is -0.324. The molecule has 0 radical (unpaired) electrons. The standard InChI is InChI=1S/C12H10N4O/c13-4-11(5-14)9-1-2-10(3-9,8-17)12(11,6-15)7-16/h9,17H,1-3,8H2/t9-,10+/m0/s1. The molecule has 17 heavy (non-hydrogen) atoms. The lowest BCUT2D eigenvalue weighted by molar-refractivity contribution is 0.0362. The third kappa shape index (κ3) is 0.861. The molecule has 84 valence electrons. The minimum absolute atomic E-state index is 0.288.